The van der Waals surface area contributed by atoms with Crippen LogP contribution in [-0.2, 0) is 6.54 Å². The zero-order chi connectivity index (χ0) is 11.5. The van der Waals surface area contributed by atoms with Gasteiger partial charge < -0.3 is 15.4 Å². The van der Waals surface area contributed by atoms with Crippen molar-refractivity contribution in [2.24, 2.45) is 5.92 Å². The average Bonchev–Trinajstić information content (AvgIpc) is 3.05. The maximum Gasteiger partial charge on any atom is 0.119 e. The van der Waals surface area contributed by atoms with Crippen molar-refractivity contribution in [1.29, 1.82) is 0 Å². The number of hydrogen-bond acceptors (Lipinski definition) is 3. The molecule has 3 nitrogen and oxygen atoms in total. The smallest absolute Gasteiger partial charge is 0.119 e. The summed E-state index contributed by atoms with van der Waals surface area (Å²) in [6, 6.07) is 5.84. The Hall–Kier alpha value is -1.22. The van der Waals surface area contributed by atoms with Crippen molar-refractivity contribution < 1.29 is 4.74 Å². The molecule has 2 N–H and O–H groups in total. The molecule has 0 bridgehead atoms. The number of hydrogen-bond donors (Lipinski definition) is 1. The van der Waals surface area contributed by atoms with E-state index in [0.29, 0.717) is 0 Å². The summed E-state index contributed by atoms with van der Waals surface area (Å²) in [7, 11) is 3.83. The van der Waals surface area contributed by atoms with Crippen LogP contribution in [0.2, 0.25) is 0 Å². The third-order valence-electron chi connectivity index (χ3n) is 3.06. The van der Waals surface area contributed by atoms with Gasteiger partial charge >= 0.3 is 0 Å². The topological polar surface area (TPSA) is 38.5 Å². The van der Waals surface area contributed by atoms with Crippen LogP contribution in [0, 0.1) is 5.92 Å². The van der Waals surface area contributed by atoms with Crippen molar-refractivity contribution in [2.75, 3.05) is 26.4 Å². The summed E-state index contributed by atoms with van der Waals surface area (Å²) in [6.07, 6.45) is 2.77. The Balaban J connectivity index is 2.00. The quantitative estimate of drug-likeness (QED) is 0.772. The molecule has 0 saturated heterocycles. The molecular formula is C13H20N2O. The Morgan fingerprint density at radius 2 is 2.19 bits per heavy atom. The lowest BCUT2D eigenvalue weighted by Crippen LogP contribution is -2.21. The number of ether oxygens (including phenoxy) is 1. The van der Waals surface area contributed by atoms with Gasteiger partial charge in [-0.25, -0.2) is 0 Å². The number of benzene rings is 1. The molecule has 0 aromatic heterocycles. The van der Waals surface area contributed by atoms with Crippen molar-refractivity contribution in [3.05, 3.63) is 23.8 Å². The van der Waals surface area contributed by atoms with Crippen LogP contribution < -0.4 is 10.5 Å². The van der Waals surface area contributed by atoms with Gasteiger partial charge in [0.05, 0.1) is 7.11 Å². The molecule has 0 aliphatic heterocycles. The molecule has 0 atom stereocenters. The van der Waals surface area contributed by atoms with Gasteiger partial charge in [0.1, 0.15) is 5.75 Å². The Morgan fingerprint density at radius 3 is 2.81 bits per heavy atom. The molecule has 1 aliphatic rings. The molecule has 1 aromatic carbocycles. The number of methoxy groups -OCH3 is 1. The van der Waals surface area contributed by atoms with Gasteiger partial charge in [0, 0.05) is 18.8 Å². The summed E-state index contributed by atoms with van der Waals surface area (Å²) in [5.41, 5.74) is 7.96. The first-order chi connectivity index (χ1) is 7.69. The molecule has 0 spiro atoms. The highest BCUT2D eigenvalue weighted by Crippen LogP contribution is 2.30. The normalized spacial score (nSPS) is 15.4. The largest absolute Gasteiger partial charge is 0.497 e. The second-order valence-corrected chi connectivity index (χ2v) is 4.70. The summed E-state index contributed by atoms with van der Waals surface area (Å²) in [6.45, 7) is 2.08. The second kappa shape index (κ2) is 4.74. The molecule has 1 aliphatic carbocycles. The molecule has 0 radical (unpaired) electrons. The molecule has 1 fully saturated rings. The lowest BCUT2D eigenvalue weighted by Gasteiger charge is -2.18. The average molecular weight is 220 g/mol. The summed E-state index contributed by atoms with van der Waals surface area (Å²) >= 11 is 0. The van der Waals surface area contributed by atoms with E-state index in [-0.39, 0.29) is 0 Å². The molecule has 88 valence electrons. The van der Waals surface area contributed by atoms with Crippen LogP contribution in [0.4, 0.5) is 5.69 Å². The molecule has 0 amide bonds. The summed E-state index contributed by atoms with van der Waals surface area (Å²) < 4.78 is 5.21. The van der Waals surface area contributed by atoms with Crippen LogP contribution >= 0.6 is 0 Å². The minimum Gasteiger partial charge on any atom is -0.497 e. The molecule has 0 unspecified atom stereocenters. The van der Waals surface area contributed by atoms with Gasteiger partial charge in [-0.3, -0.25) is 0 Å². The zero-order valence-electron chi connectivity index (χ0n) is 10.1. The number of nitrogen functional groups attached to an aromatic ring is 1. The maximum atomic E-state index is 5.96. The van der Waals surface area contributed by atoms with E-state index in [2.05, 4.69) is 11.9 Å². The minimum absolute atomic E-state index is 0.850. The third-order valence-corrected chi connectivity index (χ3v) is 3.06. The highest BCUT2D eigenvalue weighted by molar-refractivity contribution is 5.50. The van der Waals surface area contributed by atoms with E-state index < -0.39 is 0 Å². The van der Waals surface area contributed by atoms with Crippen molar-refractivity contribution >= 4 is 5.69 Å². The van der Waals surface area contributed by atoms with Crippen LogP contribution in [0.3, 0.4) is 0 Å². The zero-order valence-corrected chi connectivity index (χ0v) is 10.1. The summed E-state index contributed by atoms with van der Waals surface area (Å²) in [4.78, 5) is 2.34. The van der Waals surface area contributed by atoms with E-state index >= 15 is 0 Å². The van der Waals surface area contributed by atoms with Crippen LogP contribution in [0.5, 0.6) is 5.75 Å². The molecule has 1 aromatic rings. The monoisotopic (exact) mass is 220 g/mol. The van der Waals surface area contributed by atoms with Crippen molar-refractivity contribution in [3.8, 4) is 5.75 Å². The Labute approximate surface area is 97.2 Å². The fourth-order valence-electron chi connectivity index (χ4n) is 1.94. The molecule has 3 heteroatoms. The van der Waals surface area contributed by atoms with Crippen molar-refractivity contribution in [2.45, 2.75) is 19.4 Å². The third kappa shape index (κ3) is 2.89. The number of nitrogens with two attached hydrogens (primary N) is 1. The standard InChI is InChI=1S/C13H20N2O/c1-15(8-10-3-4-10)9-11-7-12(16-2)5-6-13(11)14/h5-7,10H,3-4,8-9,14H2,1-2H3. The first-order valence-electron chi connectivity index (χ1n) is 5.80. The van der Waals surface area contributed by atoms with E-state index in [4.69, 9.17) is 10.5 Å². The summed E-state index contributed by atoms with van der Waals surface area (Å²) in [5, 5.41) is 0. The van der Waals surface area contributed by atoms with Gasteiger partial charge in [-0.1, -0.05) is 0 Å². The van der Waals surface area contributed by atoms with Crippen molar-refractivity contribution in [3.63, 3.8) is 0 Å². The van der Waals surface area contributed by atoms with E-state index in [1.54, 1.807) is 7.11 Å². The Bertz CT molecular complexity index is 361. The first kappa shape index (κ1) is 11.3. The Kier molecular flexibility index (Phi) is 3.34. The van der Waals surface area contributed by atoms with Crippen LogP contribution in [0.25, 0.3) is 0 Å². The number of nitrogens with zero attached hydrogens (tertiary/aromatic N) is 1. The first-order valence-corrected chi connectivity index (χ1v) is 5.80. The van der Waals surface area contributed by atoms with Gasteiger partial charge in [0.15, 0.2) is 0 Å². The molecule has 1 saturated carbocycles. The SMILES string of the molecule is COc1ccc(N)c(CN(C)CC2CC2)c1. The van der Waals surface area contributed by atoms with E-state index in [0.717, 1.165) is 29.5 Å². The molecule has 16 heavy (non-hydrogen) atoms. The van der Waals surface area contributed by atoms with E-state index in [1.807, 2.05) is 18.2 Å². The molecule has 0 heterocycles. The number of anilines is 1. The van der Waals surface area contributed by atoms with Crippen LogP contribution in [0.1, 0.15) is 18.4 Å². The van der Waals surface area contributed by atoms with Gasteiger partial charge in [-0.05, 0) is 49.6 Å². The summed E-state index contributed by atoms with van der Waals surface area (Å²) in [5.74, 6) is 1.79. The highest BCUT2D eigenvalue weighted by atomic mass is 16.5. The lowest BCUT2D eigenvalue weighted by atomic mass is 10.1. The van der Waals surface area contributed by atoms with Gasteiger partial charge in [-0.2, -0.15) is 0 Å². The van der Waals surface area contributed by atoms with Gasteiger partial charge in [-0.15, -0.1) is 0 Å². The predicted octanol–water partition coefficient (Wildman–Crippen LogP) is 2.12. The Morgan fingerprint density at radius 1 is 1.44 bits per heavy atom. The van der Waals surface area contributed by atoms with Gasteiger partial charge in [0.2, 0.25) is 0 Å². The maximum absolute atomic E-state index is 5.96. The van der Waals surface area contributed by atoms with Crippen LogP contribution in [0.15, 0.2) is 18.2 Å². The fourth-order valence-corrected chi connectivity index (χ4v) is 1.94. The minimum atomic E-state index is 0.850. The number of rotatable bonds is 5. The predicted molar refractivity (Wildman–Crippen MR) is 66.5 cm³/mol. The fraction of sp³-hybridized carbons (Fsp3) is 0.538. The van der Waals surface area contributed by atoms with Gasteiger partial charge in [0.25, 0.3) is 0 Å². The van der Waals surface area contributed by atoms with Crippen molar-refractivity contribution in [1.82, 2.24) is 4.90 Å². The molecular weight excluding hydrogens is 200 g/mol. The highest BCUT2D eigenvalue weighted by Gasteiger charge is 2.22. The molecule has 2 rings (SSSR count). The van der Waals surface area contributed by atoms with E-state index in [1.165, 1.54) is 19.4 Å². The van der Waals surface area contributed by atoms with Crippen LogP contribution in [-0.4, -0.2) is 25.6 Å². The second-order valence-electron chi connectivity index (χ2n) is 4.70. The van der Waals surface area contributed by atoms with E-state index in [9.17, 15) is 0 Å². The lowest BCUT2D eigenvalue weighted by molar-refractivity contribution is 0.313.